The monoisotopic (exact) mass is 183 g/mol. The maximum absolute atomic E-state index is 12.9. The van der Waals surface area contributed by atoms with E-state index < -0.39 is 5.82 Å². The van der Waals surface area contributed by atoms with Crippen LogP contribution in [0.25, 0.3) is 0 Å². The van der Waals surface area contributed by atoms with Crippen LogP contribution in [0.5, 0.6) is 5.75 Å². The predicted molar refractivity (Wildman–Crippen MR) is 50.3 cm³/mol. The molecule has 72 valence electrons. The summed E-state index contributed by atoms with van der Waals surface area (Å²) < 4.78 is 12.9. The van der Waals surface area contributed by atoms with Crippen molar-refractivity contribution in [2.45, 2.75) is 19.4 Å². The predicted octanol–water partition coefficient (Wildman–Crippen LogP) is 1.68. The van der Waals surface area contributed by atoms with Gasteiger partial charge in [-0.15, -0.1) is 0 Å². The van der Waals surface area contributed by atoms with E-state index in [0.717, 1.165) is 0 Å². The third kappa shape index (κ3) is 2.42. The minimum Gasteiger partial charge on any atom is -0.505 e. The molecule has 1 aromatic rings. The van der Waals surface area contributed by atoms with Crippen LogP contribution in [0.15, 0.2) is 18.2 Å². The third-order valence-electron chi connectivity index (χ3n) is 2.09. The molecule has 0 amide bonds. The Morgan fingerprint density at radius 2 is 2.23 bits per heavy atom. The minimum atomic E-state index is -0.555. The van der Waals surface area contributed by atoms with Crippen molar-refractivity contribution in [2.75, 3.05) is 7.05 Å². The quantitative estimate of drug-likeness (QED) is 0.747. The smallest absolute Gasteiger partial charge is 0.165 e. The van der Waals surface area contributed by atoms with Gasteiger partial charge in [0.05, 0.1) is 0 Å². The normalized spacial score (nSPS) is 12.8. The molecule has 13 heavy (non-hydrogen) atoms. The van der Waals surface area contributed by atoms with E-state index in [9.17, 15) is 9.50 Å². The number of halogens is 1. The highest BCUT2D eigenvalue weighted by Crippen LogP contribution is 2.21. The maximum atomic E-state index is 12.9. The van der Waals surface area contributed by atoms with Crippen molar-refractivity contribution in [1.29, 1.82) is 0 Å². The highest BCUT2D eigenvalue weighted by molar-refractivity contribution is 5.33. The summed E-state index contributed by atoms with van der Waals surface area (Å²) in [5.74, 6) is -0.787. The summed E-state index contributed by atoms with van der Waals surface area (Å²) in [6.07, 6.45) is 0.625. The molecular weight excluding hydrogens is 169 g/mol. The maximum Gasteiger partial charge on any atom is 0.165 e. The van der Waals surface area contributed by atoms with Crippen molar-refractivity contribution in [3.8, 4) is 5.75 Å². The van der Waals surface area contributed by atoms with Crippen LogP contribution < -0.4 is 5.32 Å². The number of phenols is 1. The number of benzene rings is 1. The first-order valence-electron chi connectivity index (χ1n) is 4.28. The molecule has 0 spiro atoms. The van der Waals surface area contributed by atoms with Crippen molar-refractivity contribution in [3.63, 3.8) is 0 Å². The number of rotatable bonds is 3. The first-order chi connectivity index (χ1) is 6.15. The fraction of sp³-hybridized carbons (Fsp3) is 0.400. The summed E-state index contributed by atoms with van der Waals surface area (Å²) in [5.41, 5.74) is 0.641. The lowest BCUT2D eigenvalue weighted by Gasteiger charge is -2.11. The van der Waals surface area contributed by atoms with Gasteiger partial charge < -0.3 is 10.4 Å². The van der Waals surface area contributed by atoms with Crippen LogP contribution in [0.4, 0.5) is 4.39 Å². The van der Waals surface area contributed by atoms with E-state index in [2.05, 4.69) is 5.32 Å². The number of likely N-dealkylation sites (N-methyl/N-ethyl adjacent to an activating group) is 1. The highest BCUT2D eigenvalue weighted by Gasteiger charge is 2.08. The van der Waals surface area contributed by atoms with E-state index in [1.807, 2.05) is 14.0 Å². The third-order valence-corrected chi connectivity index (χ3v) is 2.09. The molecular formula is C10H14FNO. The van der Waals surface area contributed by atoms with Crippen molar-refractivity contribution < 1.29 is 9.50 Å². The lowest BCUT2D eigenvalue weighted by Crippen LogP contribution is -2.23. The van der Waals surface area contributed by atoms with Gasteiger partial charge in [0.2, 0.25) is 0 Å². The number of hydrogen-bond donors (Lipinski definition) is 2. The fourth-order valence-corrected chi connectivity index (χ4v) is 1.16. The molecule has 0 aromatic heterocycles. The van der Waals surface area contributed by atoms with Gasteiger partial charge >= 0.3 is 0 Å². The van der Waals surface area contributed by atoms with Crippen LogP contribution >= 0.6 is 0 Å². The zero-order valence-electron chi connectivity index (χ0n) is 7.84. The number of para-hydroxylation sites is 1. The molecule has 2 nitrogen and oxygen atoms in total. The molecule has 3 heteroatoms. The van der Waals surface area contributed by atoms with Gasteiger partial charge in [-0.25, -0.2) is 4.39 Å². The van der Waals surface area contributed by atoms with Gasteiger partial charge in [0, 0.05) is 6.04 Å². The van der Waals surface area contributed by atoms with Gasteiger partial charge in [-0.05, 0) is 32.0 Å². The highest BCUT2D eigenvalue weighted by atomic mass is 19.1. The van der Waals surface area contributed by atoms with Gasteiger partial charge in [0.25, 0.3) is 0 Å². The van der Waals surface area contributed by atoms with E-state index in [4.69, 9.17) is 0 Å². The van der Waals surface area contributed by atoms with Crippen LogP contribution in [0, 0.1) is 5.82 Å². The molecule has 1 atom stereocenters. The van der Waals surface area contributed by atoms with Crippen LogP contribution in [-0.4, -0.2) is 18.2 Å². The summed E-state index contributed by atoms with van der Waals surface area (Å²) in [7, 11) is 1.83. The second kappa shape index (κ2) is 4.23. The first kappa shape index (κ1) is 9.99. The summed E-state index contributed by atoms with van der Waals surface area (Å²) in [6.45, 7) is 1.98. The van der Waals surface area contributed by atoms with Crippen molar-refractivity contribution in [3.05, 3.63) is 29.6 Å². The number of phenolic OH excluding ortho intramolecular Hbond substituents is 1. The van der Waals surface area contributed by atoms with Gasteiger partial charge in [-0.1, -0.05) is 12.1 Å². The van der Waals surface area contributed by atoms with Gasteiger partial charge in [0.1, 0.15) is 0 Å². The van der Waals surface area contributed by atoms with E-state index in [-0.39, 0.29) is 11.8 Å². The van der Waals surface area contributed by atoms with Crippen molar-refractivity contribution in [2.24, 2.45) is 0 Å². The molecule has 1 unspecified atom stereocenters. The Balaban J connectivity index is 2.83. The second-order valence-corrected chi connectivity index (χ2v) is 3.14. The molecule has 0 saturated carbocycles. The van der Waals surface area contributed by atoms with Crippen molar-refractivity contribution in [1.82, 2.24) is 5.32 Å². The average Bonchev–Trinajstić information content (AvgIpc) is 2.13. The number of aromatic hydroxyl groups is 1. The molecule has 0 bridgehead atoms. The fourth-order valence-electron chi connectivity index (χ4n) is 1.16. The SMILES string of the molecule is CNC(C)Cc1cccc(F)c1O. The van der Waals surface area contributed by atoms with Gasteiger partial charge in [-0.2, -0.15) is 0 Å². The first-order valence-corrected chi connectivity index (χ1v) is 4.28. The number of hydrogen-bond acceptors (Lipinski definition) is 2. The molecule has 0 radical (unpaired) electrons. The molecule has 0 saturated heterocycles. The van der Waals surface area contributed by atoms with Gasteiger partial charge in [0.15, 0.2) is 11.6 Å². The number of nitrogens with one attached hydrogen (secondary N) is 1. The average molecular weight is 183 g/mol. The summed E-state index contributed by atoms with van der Waals surface area (Å²) in [4.78, 5) is 0. The molecule has 0 aliphatic rings. The largest absolute Gasteiger partial charge is 0.505 e. The minimum absolute atomic E-state index is 0.229. The zero-order chi connectivity index (χ0) is 9.84. The second-order valence-electron chi connectivity index (χ2n) is 3.14. The van der Waals surface area contributed by atoms with E-state index in [1.165, 1.54) is 6.07 Å². The molecule has 0 fully saturated rings. The molecule has 0 aliphatic heterocycles. The van der Waals surface area contributed by atoms with Crippen molar-refractivity contribution >= 4 is 0 Å². The van der Waals surface area contributed by atoms with Crippen LogP contribution in [-0.2, 0) is 6.42 Å². The van der Waals surface area contributed by atoms with Crippen LogP contribution in [0.3, 0.4) is 0 Å². The van der Waals surface area contributed by atoms with Crippen LogP contribution in [0.1, 0.15) is 12.5 Å². The zero-order valence-corrected chi connectivity index (χ0v) is 7.84. The Labute approximate surface area is 77.4 Å². The van der Waals surface area contributed by atoms with Gasteiger partial charge in [-0.3, -0.25) is 0 Å². The molecule has 0 heterocycles. The lowest BCUT2D eigenvalue weighted by molar-refractivity contribution is 0.422. The Morgan fingerprint density at radius 1 is 1.54 bits per heavy atom. The standard InChI is InChI=1S/C10H14FNO/c1-7(12-2)6-8-4-3-5-9(11)10(8)13/h3-5,7,12-13H,6H2,1-2H3. The Kier molecular flexibility index (Phi) is 3.25. The summed E-state index contributed by atoms with van der Waals surface area (Å²) >= 11 is 0. The molecule has 1 aromatic carbocycles. The Hall–Kier alpha value is -1.09. The Bertz CT molecular complexity index is 288. The van der Waals surface area contributed by atoms with E-state index in [0.29, 0.717) is 12.0 Å². The lowest BCUT2D eigenvalue weighted by atomic mass is 10.1. The molecule has 0 aliphatic carbocycles. The topological polar surface area (TPSA) is 32.3 Å². The van der Waals surface area contributed by atoms with E-state index in [1.54, 1.807) is 12.1 Å². The molecule has 1 rings (SSSR count). The summed E-state index contributed by atoms with van der Waals surface area (Å²) in [6, 6.07) is 4.81. The Morgan fingerprint density at radius 3 is 2.85 bits per heavy atom. The van der Waals surface area contributed by atoms with E-state index >= 15 is 0 Å². The van der Waals surface area contributed by atoms with Crippen LogP contribution in [0.2, 0.25) is 0 Å². The summed E-state index contributed by atoms with van der Waals surface area (Å²) in [5, 5.41) is 12.4. The molecule has 2 N–H and O–H groups in total.